The highest BCUT2D eigenvalue weighted by Crippen LogP contribution is 2.09. The molecule has 2 N–H and O–H groups in total. The Labute approximate surface area is 134 Å². The SMILES string of the molecule is NC(=NCCCCOCc1ccccc1)N1CCCCCC1. The van der Waals surface area contributed by atoms with Crippen molar-refractivity contribution in [3.05, 3.63) is 35.9 Å². The topological polar surface area (TPSA) is 50.9 Å². The summed E-state index contributed by atoms with van der Waals surface area (Å²) in [4.78, 5) is 6.75. The van der Waals surface area contributed by atoms with Crippen LogP contribution in [0.2, 0.25) is 0 Å². The second-order valence-corrected chi connectivity index (χ2v) is 5.89. The van der Waals surface area contributed by atoms with Crippen LogP contribution in [0.1, 0.15) is 44.1 Å². The van der Waals surface area contributed by atoms with E-state index in [1.165, 1.54) is 31.2 Å². The molecule has 0 unspecified atom stereocenters. The number of likely N-dealkylation sites (tertiary alicyclic amines) is 1. The Morgan fingerprint density at radius 2 is 1.77 bits per heavy atom. The van der Waals surface area contributed by atoms with Crippen LogP contribution in [0.4, 0.5) is 0 Å². The first-order valence-corrected chi connectivity index (χ1v) is 8.53. The normalized spacial score (nSPS) is 16.5. The number of guanidine groups is 1. The molecule has 0 saturated carbocycles. The van der Waals surface area contributed by atoms with Crippen molar-refractivity contribution in [2.45, 2.75) is 45.1 Å². The third-order valence-electron chi connectivity index (χ3n) is 4.01. The average Bonchev–Trinajstić information content (AvgIpc) is 2.84. The fourth-order valence-corrected chi connectivity index (χ4v) is 2.67. The van der Waals surface area contributed by atoms with Gasteiger partial charge in [-0.2, -0.15) is 0 Å². The standard InChI is InChI=1S/C18H29N3O/c19-18(21-13-7-1-2-8-14-21)20-12-6-9-15-22-16-17-10-4-3-5-11-17/h3-5,10-11H,1-2,6-9,12-16H2,(H2,19,20). The van der Waals surface area contributed by atoms with Gasteiger partial charge in [0, 0.05) is 26.2 Å². The van der Waals surface area contributed by atoms with Gasteiger partial charge in [0.1, 0.15) is 0 Å². The zero-order valence-corrected chi connectivity index (χ0v) is 13.5. The van der Waals surface area contributed by atoms with E-state index in [9.17, 15) is 0 Å². The van der Waals surface area contributed by atoms with E-state index in [1.54, 1.807) is 0 Å². The van der Waals surface area contributed by atoms with E-state index in [1.807, 2.05) is 18.2 Å². The summed E-state index contributed by atoms with van der Waals surface area (Å²) in [6.07, 6.45) is 7.19. The maximum absolute atomic E-state index is 6.08. The molecule has 1 aliphatic rings. The summed E-state index contributed by atoms with van der Waals surface area (Å²) in [5.41, 5.74) is 7.31. The average molecular weight is 303 g/mol. The molecule has 1 aromatic carbocycles. The molecule has 1 fully saturated rings. The molecule has 4 nitrogen and oxygen atoms in total. The summed E-state index contributed by atoms with van der Waals surface area (Å²) in [7, 11) is 0. The molecule has 1 heterocycles. The predicted molar refractivity (Wildman–Crippen MR) is 91.9 cm³/mol. The first-order valence-electron chi connectivity index (χ1n) is 8.53. The number of aliphatic imine (C=N–C) groups is 1. The molecular weight excluding hydrogens is 274 g/mol. The number of ether oxygens (including phenoxy) is 1. The van der Waals surface area contributed by atoms with Crippen molar-refractivity contribution in [1.29, 1.82) is 0 Å². The van der Waals surface area contributed by atoms with E-state index >= 15 is 0 Å². The minimum Gasteiger partial charge on any atom is -0.377 e. The van der Waals surface area contributed by atoms with Crippen molar-refractivity contribution in [2.75, 3.05) is 26.2 Å². The third-order valence-corrected chi connectivity index (χ3v) is 4.01. The quantitative estimate of drug-likeness (QED) is 0.478. The summed E-state index contributed by atoms with van der Waals surface area (Å²) in [5.74, 6) is 0.729. The Bertz CT molecular complexity index is 425. The van der Waals surface area contributed by atoms with Crippen LogP contribution in [-0.2, 0) is 11.3 Å². The smallest absolute Gasteiger partial charge is 0.191 e. The van der Waals surface area contributed by atoms with Gasteiger partial charge < -0.3 is 15.4 Å². The van der Waals surface area contributed by atoms with Gasteiger partial charge in [0.2, 0.25) is 0 Å². The second-order valence-electron chi connectivity index (χ2n) is 5.89. The van der Waals surface area contributed by atoms with E-state index in [-0.39, 0.29) is 0 Å². The lowest BCUT2D eigenvalue weighted by Crippen LogP contribution is -2.38. The zero-order chi connectivity index (χ0) is 15.5. The largest absolute Gasteiger partial charge is 0.377 e. The lowest BCUT2D eigenvalue weighted by molar-refractivity contribution is 0.117. The fourth-order valence-electron chi connectivity index (χ4n) is 2.67. The maximum Gasteiger partial charge on any atom is 0.191 e. The highest BCUT2D eigenvalue weighted by atomic mass is 16.5. The number of hydrogen-bond donors (Lipinski definition) is 1. The molecule has 0 aromatic heterocycles. The molecular formula is C18H29N3O. The number of unbranched alkanes of at least 4 members (excludes halogenated alkanes) is 1. The van der Waals surface area contributed by atoms with Crippen LogP contribution < -0.4 is 5.73 Å². The molecule has 0 spiro atoms. The van der Waals surface area contributed by atoms with Gasteiger partial charge in [0.05, 0.1) is 6.61 Å². The van der Waals surface area contributed by atoms with E-state index < -0.39 is 0 Å². The number of nitrogens with two attached hydrogens (primary N) is 1. The highest BCUT2D eigenvalue weighted by Gasteiger charge is 2.10. The minimum atomic E-state index is 0.694. The molecule has 2 rings (SSSR count). The molecule has 1 aliphatic heterocycles. The van der Waals surface area contributed by atoms with Crippen LogP contribution >= 0.6 is 0 Å². The molecule has 0 amide bonds. The van der Waals surface area contributed by atoms with Crippen molar-refractivity contribution >= 4 is 5.96 Å². The van der Waals surface area contributed by atoms with Gasteiger partial charge in [-0.1, -0.05) is 43.2 Å². The van der Waals surface area contributed by atoms with Crippen molar-refractivity contribution in [2.24, 2.45) is 10.7 Å². The van der Waals surface area contributed by atoms with Crippen molar-refractivity contribution < 1.29 is 4.74 Å². The van der Waals surface area contributed by atoms with Gasteiger partial charge in [-0.3, -0.25) is 4.99 Å². The van der Waals surface area contributed by atoms with Crippen molar-refractivity contribution in [3.8, 4) is 0 Å². The van der Waals surface area contributed by atoms with Crippen molar-refractivity contribution in [3.63, 3.8) is 0 Å². The Balaban J connectivity index is 1.53. The number of hydrogen-bond acceptors (Lipinski definition) is 2. The van der Waals surface area contributed by atoms with Gasteiger partial charge in [-0.25, -0.2) is 0 Å². The number of benzene rings is 1. The summed E-state index contributed by atoms with van der Waals surface area (Å²) >= 11 is 0. The van der Waals surface area contributed by atoms with Gasteiger partial charge in [-0.05, 0) is 31.2 Å². The van der Waals surface area contributed by atoms with Crippen LogP contribution in [0, 0.1) is 0 Å². The summed E-state index contributed by atoms with van der Waals surface area (Å²) in [6, 6.07) is 10.3. The monoisotopic (exact) mass is 303 g/mol. The van der Waals surface area contributed by atoms with Gasteiger partial charge >= 0.3 is 0 Å². The van der Waals surface area contributed by atoms with Gasteiger partial charge in [0.15, 0.2) is 5.96 Å². The Hall–Kier alpha value is -1.55. The number of nitrogens with zero attached hydrogens (tertiary/aromatic N) is 2. The molecule has 1 aromatic rings. The van der Waals surface area contributed by atoms with E-state index in [0.717, 1.165) is 45.0 Å². The first-order chi connectivity index (χ1) is 10.9. The van der Waals surface area contributed by atoms with Crippen LogP contribution in [0.15, 0.2) is 35.3 Å². The molecule has 0 radical (unpaired) electrons. The predicted octanol–water partition coefficient (Wildman–Crippen LogP) is 3.17. The Morgan fingerprint density at radius 1 is 1.05 bits per heavy atom. The van der Waals surface area contributed by atoms with Crippen LogP contribution in [0.5, 0.6) is 0 Å². The maximum atomic E-state index is 6.08. The van der Waals surface area contributed by atoms with E-state index in [2.05, 4.69) is 22.0 Å². The molecule has 122 valence electrons. The highest BCUT2D eigenvalue weighted by molar-refractivity contribution is 5.78. The molecule has 4 heteroatoms. The Kier molecular flexibility index (Phi) is 7.81. The van der Waals surface area contributed by atoms with Crippen LogP contribution in [0.3, 0.4) is 0 Å². The minimum absolute atomic E-state index is 0.694. The van der Waals surface area contributed by atoms with E-state index in [0.29, 0.717) is 6.61 Å². The summed E-state index contributed by atoms with van der Waals surface area (Å²) in [6.45, 7) is 4.41. The van der Waals surface area contributed by atoms with Gasteiger partial charge in [-0.15, -0.1) is 0 Å². The third kappa shape index (κ3) is 6.48. The molecule has 0 atom stereocenters. The molecule has 1 saturated heterocycles. The molecule has 22 heavy (non-hydrogen) atoms. The first kappa shape index (κ1) is 16.8. The lowest BCUT2D eigenvalue weighted by atomic mass is 10.2. The molecule has 0 bridgehead atoms. The molecule has 0 aliphatic carbocycles. The fraction of sp³-hybridized carbons (Fsp3) is 0.611. The van der Waals surface area contributed by atoms with Crippen LogP contribution in [-0.4, -0.2) is 37.1 Å². The van der Waals surface area contributed by atoms with E-state index in [4.69, 9.17) is 10.5 Å². The van der Waals surface area contributed by atoms with Crippen LogP contribution in [0.25, 0.3) is 0 Å². The zero-order valence-electron chi connectivity index (χ0n) is 13.5. The Morgan fingerprint density at radius 3 is 2.50 bits per heavy atom. The summed E-state index contributed by atoms with van der Waals surface area (Å²) in [5, 5.41) is 0. The summed E-state index contributed by atoms with van der Waals surface area (Å²) < 4.78 is 5.67. The van der Waals surface area contributed by atoms with Crippen molar-refractivity contribution in [1.82, 2.24) is 4.90 Å². The lowest BCUT2D eigenvalue weighted by Gasteiger charge is -2.21. The van der Waals surface area contributed by atoms with Gasteiger partial charge in [0.25, 0.3) is 0 Å². The second kappa shape index (κ2) is 10.2. The number of rotatable bonds is 7.